The second-order valence-electron chi connectivity index (χ2n) is 6.09. The van der Waals surface area contributed by atoms with Crippen molar-refractivity contribution < 1.29 is 14.3 Å². The molecule has 3 unspecified atom stereocenters. The van der Waals surface area contributed by atoms with Crippen LogP contribution in [0.2, 0.25) is 0 Å². The Hall–Kier alpha value is -0.570. The van der Waals surface area contributed by atoms with Crippen molar-refractivity contribution in [3.63, 3.8) is 0 Å². The number of ether oxygens (including phenoxy) is 2. The van der Waals surface area contributed by atoms with E-state index in [1.807, 2.05) is 0 Å². The number of hydrogen-bond donors (Lipinski definition) is 0. The third-order valence-corrected chi connectivity index (χ3v) is 4.03. The highest BCUT2D eigenvalue weighted by molar-refractivity contribution is 5.72. The van der Waals surface area contributed by atoms with Gasteiger partial charge >= 0.3 is 5.97 Å². The summed E-state index contributed by atoms with van der Waals surface area (Å²) in [6.07, 6.45) is 5.21. The summed E-state index contributed by atoms with van der Waals surface area (Å²) >= 11 is 0. The summed E-state index contributed by atoms with van der Waals surface area (Å²) in [5.41, 5.74) is 0.0917. The molecular weight excluding hydrogens is 216 g/mol. The molecule has 2 aliphatic rings. The summed E-state index contributed by atoms with van der Waals surface area (Å²) in [5, 5.41) is 0. The minimum absolute atomic E-state index is 0.00805. The van der Waals surface area contributed by atoms with E-state index in [1.165, 1.54) is 0 Å². The maximum atomic E-state index is 11.8. The largest absolute Gasteiger partial charge is 0.465 e. The maximum absolute atomic E-state index is 11.8. The van der Waals surface area contributed by atoms with Crippen LogP contribution in [0.5, 0.6) is 0 Å². The fourth-order valence-corrected chi connectivity index (χ4v) is 2.64. The molecule has 1 heterocycles. The van der Waals surface area contributed by atoms with Gasteiger partial charge in [0.1, 0.15) is 0 Å². The molecule has 1 saturated carbocycles. The maximum Gasteiger partial charge on any atom is 0.309 e. The number of carbonyl (C=O) groups excluding carboxylic acids is 1. The van der Waals surface area contributed by atoms with Crippen molar-refractivity contribution in [1.29, 1.82) is 0 Å². The fourth-order valence-electron chi connectivity index (χ4n) is 2.64. The van der Waals surface area contributed by atoms with E-state index in [1.54, 1.807) is 0 Å². The number of fused-ring (bicyclic) bond motifs is 1. The van der Waals surface area contributed by atoms with Gasteiger partial charge in [-0.2, -0.15) is 0 Å². The van der Waals surface area contributed by atoms with Crippen molar-refractivity contribution in [3.8, 4) is 0 Å². The molecule has 0 radical (unpaired) electrons. The number of esters is 1. The molecule has 1 aliphatic carbocycles. The van der Waals surface area contributed by atoms with Crippen LogP contribution in [0.1, 0.15) is 52.9 Å². The lowest BCUT2D eigenvalue weighted by Gasteiger charge is -2.20. The van der Waals surface area contributed by atoms with Crippen molar-refractivity contribution in [2.45, 2.75) is 64.6 Å². The first-order valence-corrected chi connectivity index (χ1v) is 6.86. The minimum atomic E-state index is -0.00805. The minimum Gasteiger partial charge on any atom is -0.465 e. The van der Waals surface area contributed by atoms with Crippen LogP contribution in [-0.4, -0.2) is 24.3 Å². The Kier molecular flexibility index (Phi) is 3.76. The third-order valence-electron chi connectivity index (χ3n) is 4.03. The Morgan fingerprint density at radius 1 is 1.53 bits per heavy atom. The Labute approximate surface area is 104 Å². The highest BCUT2D eigenvalue weighted by Gasteiger charge is 2.56. The number of rotatable bonds is 5. The van der Waals surface area contributed by atoms with E-state index in [-0.39, 0.29) is 17.5 Å². The van der Waals surface area contributed by atoms with Crippen molar-refractivity contribution in [2.24, 2.45) is 11.8 Å². The second kappa shape index (κ2) is 4.97. The zero-order valence-corrected chi connectivity index (χ0v) is 11.2. The van der Waals surface area contributed by atoms with E-state index in [9.17, 15) is 4.79 Å². The molecule has 98 valence electrons. The predicted molar refractivity (Wildman–Crippen MR) is 65.7 cm³/mol. The van der Waals surface area contributed by atoms with Gasteiger partial charge in [0.2, 0.25) is 0 Å². The quantitative estimate of drug-likeness (QED) is 0.421. The van der Waals surface area contributed by atoms with Gasteiger partial charge in [-0.3, -0.25) is 4.79 Å². The molecule has 0 amide bonds. The van der Waals surface area contributed by atoms with Crippen LogP contribution in [-0.2, 0) is 14.3 Å². The molecule has 1 aliphatic heterocycles. The van der Waals surface area contributed by atoms with Gasteiger partial charge in [0.05, 0.1) is 24.2 Å². The molecule has 0 N–H and O–H groups in total. The van der Waals surface area contributed by atoms with Crippen LogP contribution in [0, 0.1) is 11.8 Å². The molecular formula is C14H24O3. The van der Waals surface area contributed by atoms with Gasteiger partial charge in [0.15, 0.2) is 0 Å². The number of hydrogen-bond acceptors (Lipinski definition) is 3. The third kappa shape index (κ3) is 3.21. The summed E-state index contributed by atoms with van der Waals surface area (Å²) < 4.78 is 10.9. The lowest BCUT2D eigenvalue weighted by Crippen LogP contribution is -2.28. The zero-order valence-electron chi connectivity index (χ0n) is 11.2. The first kappa shape index (κ1) is 12.9. The summed E-state index contributed by atoms with van der Waals surface area (Å²) in [6, 6.07) is 0. The molecule has 3 heteroatoms. The molecule has 3 nitrogen and oxygen atoms in total. The Morgan fingerprint density at radius 3 is 2.94 bits per heavy atom. The lowest BCUT2D eigenvalue weighted by molar-refractivity contribution is -0.149. The van der Waals surface area contributed by atoms with Gasteiger partial charge < -0.3 is 9.47 Å². The molecule has 0 aromatic rings. The number of epoxide rings is 1. The Morgan fingerprint density at radius 2 is 2.29 bits per heavy atom. The van der Waals surface area contributed by atoms with Crippen LogP contribution in [0.4, 0.5) is 0 Å². The first-order chi connectivity index (χ1) is 8.01. The Bertz CT molecular complexity index is 287. The fraction of sp³-hybridized carbons (Fsp3) is 0.929. The van der Waals surface area contributed by atoms with Gasteiger partial charge in [-0.05, 0) is 44.9 Å². The monoisotopic (exact) mass is 240 g/mol. The summed E-state index contributed by atoms with van der Waals surface area (Å²) in [7, 11) is 0. The molecule has 2 fully saturated rings. The van der Waals surface area contributed by atoms with Gasteiger partial charge in [0.25, 0.3) is 0 Å². The van der Waals surface area contributed by atoms with Crippen LogP contribution >= 0.6 is 0 Å². The molecule has 3 atom stereocenters. The predicted octanol–water partition coefficient (Wildman–Crippen LogP) is 2.92. The molecule has 1 saturated heterocycles. The van der Waals surface area contributed by atoms with Crippen molar-refractivity contribution in [1.82, 2.24) is 0 Å². The normalized spacial score (nSPS) is 35.5. The molecule has 17 heavy (non-hydrogen) atoms. The van der Waals surface area contributed by atoms with E-state index in [4.69, 9.17) is 9.47 Å². The molecule has 0 aromatic heterocycles. The van der Waals surface area contributed by atoms with Crippen LogP contribution in [0.15, 0.2) is 0 Å². The summed E-state index contributed by atoms with van der Waals surface area (Å²) in [4.78, 5) is 11.8. The summed E-state index contributed by atoms with van der Waals surface area (Å²) in [5.74, 6) is 0.755. The number of carbonyl (C=O) groups is 1. The average Bonchev–Trinajstić information content (AvgIpc) is 2.94. The van der Waals surface area contributed by atoms with E-state index >= 15 is 0 Å². The van der Waals surface area contributed by atoms with E-state index in [0.29, 0.717) is 18.6 Å². The van der Waals surface area contributed by atoms with E-state index in [0.717, 1.165) is 32.1 Å². The van der Waals surface area contributed by atoms with E-state index in [2.05, 4.69) is 20.8 Å². The molecule has 0 spiro atoms. The van der Waals surface area contributed by atoms with Crippen LogP contribution in [0.3, 0.4) is 0 Å². The van der Waals surface area contributed by atoms with Crippen molar-refractivity contribution in [3.05, 3.63) is 0 Å². The molecule has 0 bridgehead atoms. The average molecular weight is 240 g/mol. The second-order valence-corrected chi connectivity index (χ2v) is 6.09. The van der Waals surface area contributed by atoms with Crippen LogP contribution in [0.25, 0.3) is 0 Å². The molecule has 2 rings (SSSR count). The first-order valence-electron chi connectivity index (χ1n) is 6.86. The highest BCUT2D eigenvalue weighted by Crippen LogP contribution is 2.49. The van der Waals surface area contributed by atoms with E-state index < -0.39 is 0 Å². The van der Waals surface area contributed by atoms with Gasteiger partial charge in [-0.15, -0.1) is 0 Å². The smallest absolute Gasteiger partial charge is 0.309 e. The van der Waals surface area contributed by atoms with Crippen molar-refractivity contribution in [2.75, 3.05) is 6.61 Å². The van der Waals surface area contributed by atoms with Crippen LogP contribution < -0.4 is 0 Å². The van der Waals surface area contributed by atoms with Crippen molar-refractivity contribution >= 4 is 5.97 Å². The standard InChI is InChI=1S/C14H24O3/c1-10(2)5-4-8-16-13(15)11-6-7-14(3)12(9-11)17-14/h10-12H,4-9H2,1-3H3. The Balaban J connectivity index is 1.63. The highest BCUT2D eigenvalue weighted by atomic mass is 16.6. The zero-order chi connectivity index (χ0) is 12.5. The van der Waals surface area contributed by atoms with Gasteiger partial charge in [-0.1, -0.05) is 13.8 Å². The molecule has 0 aromatic carbocycles. The van der Waals surface area contributed by atoms with Gasteiger partial charge in [0, 0.05) is 0 Å². The lowest BCUT2D eigenvalue weighted by atomic mass is 9.83. The topological polar surface area (TPSA) is 38.8 Å². The van der Waals surface area contributed by atoms with Gasteiger partial charge in [-0.25, -0.2) is 0 Å². The summed E-state index contributed by atoms with van der Waals surface area (Å²) in [6.45, 7) is 7.10. The SMILES string of the molecule is CC(C)CCCOC(=O)C1CCC2(C)OC2C1.